The summed E-state index contributed by atoms with van der Waals surface area (Å²) < 4.78 is 2.20. The maximum Gasteiger partial charge on any atom is 0.147 e. The van der Waals surface area contributed by atoms with E-state index in [-0.39, 0.29) is 0 Å². The van der Waals surface area contributed by atoms with Crippen LogP contribution in [0.4, 0.5) is 0 Å². The van der Waals surface area contributed by atoms with E-state index >= 15 is 0 Å². The molecule has 0 amide bonds. The Labute approximate surface area is 123 Å². The number of hydrogen-bond donors (Lipinski definition) is 1. The molecule has 21 heavy (non-hydrogen) atoms. The van der Waals surface area contributed by atoms with Crippen LogP contribution in [0, 0.1) is 0 Å². The topological polar surface area (TPSA) is 42.7 Å². The molecule has 1 aliphatic rings. The predicted octanol–water partition coefficient (Wildman–Crippen LogP) is 2.73. The van der Waals surface area contributed by atoms with Crippen molar-refractivity contribution in [3.8, 4) is 0 Å². The highest BCUT2D eigenvalue weighted by Gasteiger charge is 2.19. The number of nitrogens with one attached hydrogen (secondary N) is 1. The fourth-order valence-electron chi connectivity index (χ4n) is 2.61. The van der Waals surface area contributed by atoms with Gasteiger partial charge in [-0.3, -0.25) is 0 Å². The lowest BCUT2D eigenvalue weighted by Gasteiger charge is -2.06. The van der Waals surface area contributed by atoms with E-state index in [0.717, 1.165) is 18.4 Å². The molecule has 0 unspecified atom stereocenters. The van der Waals surface area contributed by atoms with Gasteiger partial charge in [0, 0.05) is 36.7 Å². The van der Waals surface area contributed by atoms with Gasteiger partial charge in [-0.25, -0.2) is 9.97 Å². The molecule has 0 saturated heterocycles. The van der Waals surface area contributed by atoms with Crippen molar-refractivity contribution in [2.45, 2.75) is 32.0 Å². The summed E-state index contributed by atoms with van der Waals surface area (Å²) in [5, 5.41) is 4.84. The SMILES string of the molecule is c1cnc(Cn2ccc3cc(CNC4CC4)ccc32)nc1. The third-order valence-electron chi connectivity index (χ3n) is 3.94. The van der Waals surface area contributed by atoms with Crippen LogP contribution in [0.25, 0.3) is 10.9 Å². The molecule has 0 spiro atoms. The molecule has 106 valence electrons. The molecule has 1 aliphatic carbocycles. The lowest BCUT2D eigenvalue weighted by atomic mass is 10.1. The van der Waals surface area contributed by atoms with Crippen LogP contribution in [0.15, 0.2) is 48.9 Å². The molecule has 0 bridgehead atoms. The van der Waals surface area contributed by atoms with Gasteiger partial charge in [0.2, 0.25) is 0 Å². The van der Waals surface area contributed by atoms with Gasteiger partial charge in [-0.1, -0.05) is 6.07 Å². The average molecular weight is 278 g/mol. The largest absolute Gasteiger partial charge is 0.340 e. The van der Waals surface area contributed by atoms with Crippen LogP contribution in [-0.2, 0) is 13.1 Å². The molecule has 2 heterocycles. The first-order chi connectivity index (χ1) is 10.4. The first-order valence-corrected chi connectivity index (χ1v) is 7.45. The molecule has 1 N–H and O–H groups in total. The van der Waals surface area contributed by atoms with Crippen molar-refractivity contribution in [3.63, 3.8) is 0 Å². The van der Waals surface area contributed by atoms with Crippen LogP contribution in [0.2, 0.25) is 0 Å². The summed E-state index contributed by atoms with van der Waals surface area (Å²) >= 11 is 0. The summed E-state index contributed by atoms with van der Waals surface area (Å²) in [6.45, 7) is 1.68. The first-order valence-electron chi connectivity index (χ1n) is 7.45. The minimum atomic E-state index is 0.712. The molecule has 1 aromatic carbocycles. The predicted molar refractivity (Wildman–Crippen MR) is 82.9 cm³/mol. The third kappa shape index (κ3) is 2.81. The highest BCUT2D eigenvalue weighted by atomic mass is 15.0. The number of hydrogen-bond acceptors (Lipinski definition) is 3. The number of fused-ring (bicyclic) bond motifs is 1. The number of aromatic nitrogens is 3. The molecule has 0 atom stereocenters. The van der Waals surface area contributed by atoms with Crippen molar-refractivity contribution in [2.24, 2.45) is 0 Å². The van der Waals surface area contributed by atoms with Gasteiger partial charge in [0.05, 0.1) is 6.54 Å². The van der Waals surface area contributed by atoms with Crippen LogP contribution < -0.4 is 5.32 Å². The van der Waals surface area contributed by atoms with Gasteiger partial charge >= 0.3 is 0 Å². The molecule has 4 nitrogen and oxygen atoms in total. The van der Waals surface area contributed by atoms with Crippen molar-refractivity contribution in [3.05, 3.63) is 60.3 Å². The Bertz CT molecular complexity index is 744. The van der Waals surface area contributed by atoms with Gasteiger partial charge in [-0.05, 0) is 48.1 Å². The van der Waals surface area contributed by atoms with E-state index in [1.165, 1.54) is 29.3 Å². The number of rotatable bonds is 5. The van der Waals surface area contributed by atoms with Gasteiger partial charge in [-0.2, -0.15) is 0 Å². The van der Waals surface area contributed by atoms with Gasteiger partial charge in [-0.15, -0.1) is 0 Å². The Morgan fingerprint density at radius 1 is 1.14 bits per heavy atom. The van der Waals surface area contributed by atoms with Gasteiger partial charge in [0.25, 0.3) is 0 Å². The quantitative estimate of drug-likeness (QED) is 0.780. The van der Waals surface area contributed by atoms with Crippen molar-refractivity contribution >= 4 is 10.9 Å². The second-order valence-corrected chi connectivity index (χ2v) is 5.66. The highest BCUT2D eigenvalue weighted by molar-refractivity contribution is 5.80. The van der Waals surface area contributed by atoms with Crippen LogP contribution in [-0.4, -0.2) is 20.6 Å². The third-order valence-corrected chi connectivity index (χ3v) is 3.94. The molecule has 0 radical (unpaired) electrons. The minimum absolute atomic E-state index is 0.712. The zero-order valence-corrected chi connectivity index (χ0v) is 11.9. The Balaban J connectivity index is 1.56. The van der Waals surface area contributed by atoms with Gasteiger partial charge in [0.15, 0.2) is 0 Å². The minimum Gasteiger partial charge on any atom is -0.340 e. The molecular weight excluding hydrogens is 260 g/mol. The first kappa shape index (κ1) is 12.5. The molecule has 4 rings (SSSR count). The zero-order valence-electron chi connectivity index (χ0n) is 11.9. The molecule has 1 saturated carbocycles. The molecular formula is C17H18N4. The van der Waals surface area contributed by atoms with Crippen LogP contribution >= 0.6 is 0 Å². The Kier molecular flexibility index (Phi) is 3.16. The molecule has 1 fully saturated rings. The van der Waals surface area contributed by atoms with Crippen LogP contribution in [0.1, 0.15) is 24.2 Å². The van der Waals surface area contributed by atoms with E-state index in [1.54, 1.807) is 12.4 Å². The Hall–Kier alpha value is -2.20. The smallest absolute Gasteiger partial charge is 0.147 e. The molecule has 4 heteroatoms. The summed E-state index contributed by atoms with van der Waals surface area (Å²) in [4.78, 5) is 8.58. The summed E-state index contributed by atoms with van der Waals surface area (Å²) in [5.74, 6) is 0.842. The lowest BCUT2D eigenvalue weighted by Crippen LogP contribution is -2.15. The van der Waals surface area contributed by atoms with E-state index in [1.807, 2.05) is 6.07 Å². The highest BCUT2D eigenvalue weighted by Crippen LogP contribution is 2.21. The summed E-state index contributed by atoms with van der Waals surface area (Å²) in [6, 6.07) is 11.4. The maximum absolute atomic E-state index is 4.29. The molecule has 2 aromatic heterocycles. The summed E-state index contributed by atoms with van der Waals surface area (Å²) in [6.07, 6.45) is 8.34. The van der Waals surface area contributed by atoms with E-state index in [4.69, 9.17) is 0 Å². The van der Waals surface area contributed by atoms with Crippen molar-refractivity contribution in [2.75, 3.05) is 0 Å². The Morgan fingerprint density at radius 3 is 2.81 bits per heavy atom. The van der Waals surface area contributed by atoms with Crippen LogP contribution in [0.3, 0.4) is 0 Å². The second-order valence-electron chi connectivity index (χ2n) is 5.66. The van der Waals surface area contributed by atoms with E-state index in [2.05, 4.69) is 50.3 Å². The van der Waals surface area contributed by atoms with Gasteiger partial charge in [0.1, 0.15) is 5.82 Å². The van der Waals surface area contributed by atoms with E-state index < -0.39 is 0 Å². The van der Waals surface area contributed by atoms with Crippen molar-refractivity contribution in [1.82, 2.24) is 19.9 Å². The Morgan fingerprint density at radius 2 is 2.00 bits per heavy atom. The standard InChI is InChI=1S/C17H18N4/c1-7-18-17(19-8-1)12-21-9-6-14-10-13(2-5-16(14)21)11-20-15-3-4-15/h1-2,5-10,15,20H,3-4,11-12H2. The van der Waals surface area contributed by atoms with Crippen molar-refractivity contribution < 1.29 is 0 Å². The summed E-state index contributed by atoms with van der Waals surface area (Å²) in [7, 11) is 0. The second kappa shape index (κ2) is 5.30. The normalized spacial score (nSPS) is 14.7. The zero-order chi connectivity index (χ0) is 14.1. The number of nitrogens with zero attached hydrogens (tertiary/aromatic N) is 3. The molecule has 3 aromatic rings. The van der Waals surface area contributed by atoms with Crippen molar-refractivity contribution in [1.29, 1.82) is 0 Å². The van der Waals surface area contributed by atoms with Crippen LogP contribution in [0.5, 0.6) is 0 Å². The average Bonchev–Trinajstić information content (AvgIpc) is 3.28. The molecule has 0 aliphatic heterocycles. The van der Waals surface area contributed by atoms with Gasteiger partial charge < -0.3 is 9.88 Å². The maximum atomic E-state index is 4.29. The fraction of sp³-hybridized carbons (Fsp3) is 0.294. The lowest BCUT2D eigenvalue weighted by molar-refractivity contribution is 0.688. The number of benzene rings is 1. The monoisotopic (exact) mass is 278 g/mol. The van der Waals surface area contributed by atoms with E-state index in [9.17, 15) is 0 Å². The fourth-order valence-corrected chi connectivity index (χ4v) is 2.61. The summed E-state index contributed by atoms with van der Waals surface area (Å²) in [5.41, 5.74) is 2.58. The van der Waals surface area contributed by atoms with E-state index in [0.29, 0.717) is 6.54 Å².